The minimum absolute atomic E-state index is 0.00180. The molecule has 0 aromatic heterocycles. The topological polar surface area (TPSA) is 133 Å². The molecular formula is C34H40N4O5. The van der Waals surface area contributed by atoms with Crippen LogP contribution in [0.2, 0.25) is 0 Å². The van der Waals surface area contributed by atoms with Crippen LogP contribution in [0.15, 0.2) is 91.0 Å². The van der Waals surface area contributed by atoms with Gasteiger partial charge in [-0.3, -0.25) is 24.0 Å². The number of nitrogens with one attached hydrogen (secondary N) is 4. The Morgan fingerprint density at radius 3 is 1.74 bits per heavy atom. The summed E-state index contributed by atoms with van der Waals surface area (Å²) in [6.07, 6.45) is 0.440. The van der Waals surface area contributed by atoms with Crippen molar-refractivity contribution in [3.05, 3.63) is 108 Å². The molecular weight excluding hydrogens is 544 g/mol. The third-order valence-corrected chi connectivity index (χ3v) is 6.90. The van der Waals surface area contributed by atoms with Crippen LogP contribution in [0.3, 0.4) is 0 Å². The second-order valence-electron chi connectivity index (χ2n) is 11.0. The molecule has 0 spiro atoms. The molecule has 0 heterocycles. The highest BCUT2D eigenvalue weighted by Gasteiger charge is 2.31. The van der Waals surface area contributed by atoms with Gasteiger partial charge in [0.25, 0.3) is 11.8 Å². The van der Waals surface area contributed by atoms with Gasteiger partial charge in [0.2, 0.25) is 17.6 Å². The molecule has 0 radical (unpaired) electrons. The summed E-state index contributed by atoms with van der Waals surface area (Å²) in [6.45, 7) is 7.02. The lowest BCUT2D eigenvalue weighted by atomic mass is 9.98. The number of ketones is 1. The average Bonchev–Trinajstić information content (AvgIpc) is 3.00. The van der Waals surface area contributed by atoms with Crippen LogP contribution in [0.25, 0.3) is 0 Å². The molecule has 43 heavy (non-hydrogen) atoms. The molecule has 0 bridgehead atoms. The van der Waals surface area contributed by atoms with Crippen LogP contribution >= 0.6 is 0 Å². The Labute approximate surface area is 252 Å². The lowest BCUT2D eigenvalue weighted by molar-refractivity contribution is -0.141. The summed E-state index contributed by atoms with van der Waals surface area (Å²) in [6, 6.07) is 23.5. The third kappa shape index (κ3) is 10.2. The van der Waals surface area contributed by atoms with Crippen LogP contribution in [-0.4, -0.2) is 47.5 Å². The van der Waals surface area contributed by atoms with Gasteiger partial charge < -0.3 is 21.3 Å². The van der Waals surface area contributed by atoms with Gasteiger partial charge in [-0.1, -0.05) is 92.7 Å². The SMILES string of the molecule is CC(C)C[C@H](NC(=O)[C@H](C)NC(=O)[C@H](Cc1ccccc1)NC(=O)c1ccccc1)C(=O)C(=O)N[C@@H](C)c1ccccc1. The Balaban J connectivity index is 1.67. The summed E-state index contributed by atoms with van der Waals surface area (Å²) >= 11 is 0. The monoisotopic (exact) mass is 584 g/mol. The molecule has 9 heteroatoms. The first-order valence-corrected chi connectivity index (χ1v) is 14.4. The molecule has 0 aliphatic heterocycles. The van der Waals surface area contributed by atoms with Crippen molar-refractivity contribution in [1.29, 1.82) is 0 Å². The summed E-state index contributed by atoms with van der Waals surface area (Å²) in [7, 11) is 0. The van der Waals surface area contributed by atoms with Gasteiger partial charge in [-0.05, 0) is 49.4 Å². The highest BCUT2D eigenvalue weighted by molar-refractivity contribution is 6.38. The quantitative estimate of drug-likeness (QED) is 0.215. The standard InChI is InChI=1S/C34H40N4O5/c1-22(2)20-28(30(39)34(43)35-23(3)26-16-10-6-11-17-26)37-31(40)24(4)36-33(42)29(21-25-14-8-5-9-15-25)38-32(41)27-18-12-7-13-19-27/h5-19,22-24,28-29H,20-21H2,1-4H3,(H,35,43)(H,36,42)(H,37,40)(H,38,41)/t23-,24-,28-,29-/m0/s1. The number of hydrogen-bond acceptors (Lipinski definition) is 5. The van der Waals surface area contributed by atoms with Crippen molar-refractivity contribution >= 4 is 29.4 Å². The number of benzene rings is 3. The summed E-state index contributed by atoms with van der Waals surface area (Å²) < 4.78 is 0. The minimum Gasteiger partial charge on any atom is -0.344 e. The Bertz CT molecular complexity index is 1380. The molecule has 0 unspecified atom stereocenters. The average molecular weight is 585 g/mol. The highest BCUT2D eigenvalue weighted by atomic mass is 16.2. The van der Waals surface area contributed by atoms with Crippen LogP contribution in [-0.2, 0) is 25.6 Å². The summed E-state index contributed by atoms with van der Waals surface area (Å²) in [5.74, 6) is -3.17. The molecule has 4 amide bonds. The van der Waals surface area contributed by atoms with Crippen LogP contribution in [0, 0.1) is 5.92 Å². The van der Waals surface area contributed by atoms with E-state index in [0.29, 0.717) is 5.56 Å². The van der Waals surface area contributed by atoms with Gasteiger partial charge in [0.05, 0.1) is 12.1 Å². The summed E-state index contributed by atoms with van der Waals surface area (Å²) in [5.41, 5.74) is 2.06. The number of carbonyl (C=O) groups is 5. The molecule has 3 aromatic rings. The van der Waals surface area contributed by atoms with Crippen molar-refractivity contribution in [1.82, 2.24) is 21.3 Å². The molecule has 3 rings (SSSR count). The van der Waals surface area contributed by atoms with Crippen LogP contribution < -0.4 is 21.3 Å². The Morgan fingerprint density at radius 2 is 1.16 bits per heavy atom. The first kappa shape index (κ1) is 32.7. The first-order chi connectivity index (χ1) is 20.5. The van der Waals surface area contributed by atoms with Gasteiger partial charge in [-0.25, -0.2) is 0 Å². The summed E-state index contributed by atoms with van der Waals surface area (Å²) in [5, 5.41) is 10.8. The van der Waals surface area contributed by atoms with Crippen molar-refractivity contribution in [2.24, 2.45) is 5.92 Å². The lowest BCUT2D eigenvalue weighted by Gasteiger charge is -2.24. The van der Waals surface area contributed by atoms with Crippen molar-refractivity contribution in [2.45, 2.75) is 64.7 Å². The lowest BCUT2D eigenvalue weighted by Crippen LogP contribution is -2.56. The number of hydrogen-bond donors (Lipinski definition) is 4. The number of carbonyl (C=O) groups excluding carboxylic acids is 5. The van der Waals surface area contributed by atoms with Crippen LogP contribution in [0.1, 0.15) is 61.6 Å². The van der Waals surface area contributed by atoms with Crippen molar-refractivity contribution in [2.75, 3.05) is 0 Å². The minimum atomic E-state index is -1.08. The Hall–Kier alpha value is -4.79. The molecule has 0 saturated carbocycles. The largest absolute Gasteiger partial charge is 0.344 e. The third-order valence-electron chi connectivity index (χ3n) is 6.90. The number of amides is 4. The molecule has 226 valence electrons. The zero-order valence-electron chi connectivity index (χ0n) is 25.0. The van der Waals surface area contributed by atoms with Gasteiger partial charge in [0, 0.05) is 12.0 Å². The first-order valence-electron chi connectivity index (χ1n) is 14.4. The second-order valence-corrected chi connectivity index (χ2v) is 11.0. The van der Waals surface area contributed by atoms with E-state index in [1.807, 2.05) is 74.5 Å². The van der Waals surface area contributed by atoms with E-state index in [-0.39, 0.29) is 18.8 Å². The van der Waals surface area contributed by atoms with E-state index >= 15 is 0 Å². The van der Waals surface area contributed by atoms with Crippen molar-refractivity contribution in [3.8, 4) is 0 Å². The van der Waals surface area contributed by atoms with Crippen LogP contribution in [0.4, 0.5) is 0 Å². The maximum Gasteiger partial charge on any atom is 0.290 e. The normalized spacial score (nSPS) is 13.6. The Morgan fingerprint density at radius 1 is 0.605 bits per heavy atom. The molecule has 0 aliphatic rings. The molecule has 0 saturated heterocycles. The van der Waals surface area contributed by atoms with E-state index in [2.05, 4.69) is 21.3 Å². The maximum absolute atomic E-state index is 13.4. The molecule has 0 aliphatic carbocycles. The molecule has 0 fully saturated rings. The number of Topliss-reactive ketones (excluding diaryl/α,β-unsaturated/α-hetero) is 1. The van der Waals surface area contributed by atoms with E-state index in [0.717, 1.165) is 11.1 Å². The fourth-order valence-corrected chi connectivity index (χ4v) is 4.52. The van der Waals surface area contributed by atoms with E-state index < -0.39 is 53.6 Å². The van der Waals surface area contributed by atoms with Crippen LogP contribution in [0.5, 0.6) is 0 Å². The van der Waals surface area contributed by atoms with Gasteiger partial charge in [0.1, 0.15) is 12.1 Å². The van der Waals surface area contributed by atoms with Gasteiger partial charge in [0.15, 0.2) is 0 Å². The fourth-order valence-electron chi connectivity index (χ4n) is 4.52. The Kier molecular flexibility index (Phi) is 12.2. The predicted octanol–water partition coefficient (Wildman–Crippen LogP) is 3.51. The van der Waals surface area contributed by atoms with Gasteiger partial charge in [-0.15, -0.1) is 0 Å². The molecule has 4 atom stereocenters. The second kappa shape index (κ2) is 16.0. The smallest absolute Gasteiger partial charge is 0.290 e. The van der Waals surface area contributed by atoms with E-state index in [1.165, 1.54) is 6.92 Å². The van der Waals surface area contributed by atoms with Crippen molar-refractivity contribution in [3.63, 3.8) is 0 Å². The zero-order chi connectivity index (χ0) is 31.4. The van der Waals surface area contributed by atoms with Gasteiger partial charge in [-0.2, -0.15) is 0 Å². The molecule has 9 nitrogen and oxygen atoms in total. The zero-order valence-corrected chi connectivity index (χ0v) is 25.0. The summed E-state index contributed by atoms with van der Waals surface area (Å²) in [4.78, 5) is 65.4. The fraction of sp³-hybridized carbons (Fsp3) is 0.324. The maximum atomic E-state index is 13.4. The van der Waals surface area contributed by atoms with Crippen molar-refractivity contribution < 1.29 is 24.0 Å². The molecule has 3 aromatic carbocycles. The molecule has 4 N–H and O–H groups in total. The highest BCUT2D eigenvalue weighted by Crippen LogP contribution is 2.13. The van der Waals surface area contributed by atoms with E-state index in [9.17, 15) is 24.0 Å². The van der Waals surface area contributed by atoms with E-state index in [1.54, 1.807) is 37.3 Å². The number of rotatable bonds is 14. The van der Waals surface area contributed by atoms with E-state index in [4.69, 9.17) is 0 Å². The predicted molar refractivity (Wildman–Crippen MR) is 165 cm³/mol. The van der Waals surface area contributed by atoms with Gasteiger partial charge >= 0.3 is 0 Å².